The lowest BCUT2D eigenvalue weighted by Crippen LogP contribution is -2.50. The zero-order valence-corrected chi connectivity index (χ0v) is 10.7. The van der Waals surface area contributed by atoms with Gasteiger partial charge in [0.05, 0.1) is 0 Å². The lowest BCUT2D eigenvalue weighted by molar-refractivity contribution is 0.137. The van der Waals surface area contributed by atoms with Gasteiger partial charge in [-0.3, -0.25) is 0 Å². The van der Waals surface area contributed by atoms with Crippen LogP contribution in [-0.2, 0) is 6.42 Å². The Morgan fingerprint density at radius 2 is 2.06 bits per heavy atom. The van der Waals surface area contributed by atoms with Gasteiger partial charge < -0.3 is 5.32 Å². The molecule has 1 saturated carbocycles. The highest BCUT2D eigenvalue weighted by Crippen LogP contribution is 2.35. The molecule has 0 amide bonds. The van der Waals surface area contributed by atoms with Gasteiger partial charge in [0.2, 0.25) is 0 Å². The van der Waals surface area contributed by atoms with Crippen LogP contribution in [0, 0.1) is 17.7 Å². The van der Waals surface area contributed by atoms with Crippen molar-refractivity contribution in [3.05, 3.63) is 35.6 Å². The van der Waals surface area contributed by atoms with E-state index < -0.39 is 0 Å². The normalized spacial score (nSPS) is 31.0. The standard InChI is InChI=1S/C14H18FN.ClH/c15-13-4-2-1-3-11(13)8-12-7-10-5-6-14(12)16-9-10;/h1-4,10,12,14,16H,5-9H2;1H/t10-,12+,14+;/m1./s1. The number of fused-ring (bicyclic) bond motifs is 3. The summed E-state index contributed by atoms with van der Waals surface area (Å²) >= 11 is 0. The van der Waals surface area contributed by atoms with Crippen LogP contribution < -0.4 is 5.32 Å². The van der Waals surface area contributed by atoms with Crippen LogP contribution in [0.3, 0.4) is 0 Å². The van der Waals surface area contributed by atoms with Crippen LogP contribution >= 0.6 is 12.4 Å². The SMILES string of the molecule is Cl.Fc1ccccc1C[C@@H]1C[C@H]2CC[C@@H]1NC2. The molecule has 3 heteroatoms. The van der Waals surface area contributed by atoms with Gasteiger partial charge in [0, 0.05) is 6.04 Å². The summed E-state index contributed by atoms with van der Waals surface area (Å²) in [6.07, 6.45) is 4.84. The smallest absolute Gasteiger partial charge is 0.126 e. The molecule has 2 heterocycles. The van der Waals surface area contributed by atoms with Gasteiger partial charge in [-0.05, 0) is 55.7 Å². The molecule has 0 aromatic heterocycles. The Morgan fingerprint density at radius 1 is 1.24 bits per heavy atom. The first-order valence-electron chi connectivity index (χ1n) is 6.29. The van der Waals surface area contributed by atoms with E-state index in [1.165, 1.54) is 25.8 Å². The lowest BCUT2D eigenvalue weighted by atomic mass is 9.72. The van der Waals surface area contributed by atoms with Crippen molar-refractivity contribution in [1.29, 1.82) is 0 Å². The van der Waals surface area contributed by atoms with E-state index >= 15 is 0 Å². The molecule has 1 aliphatic carbocycles. The van der Waals surface area contributed by atoms with Crippen molar-refractivity contribution in [2.45, 2.75) is 31.7 Å². The number of rotatable bonds is 2. The van der Waals surface area contributed by atoms with Gasteiger partial charge in [-0.15, -0.1) is 12.4 Å². The molecule has 94 valence electrons. The van der Waals surface area contributed by atoms with Crippen LogP contribution in [0.15, 0.2) is 24.3 Å². The third kappa shape index (κ3) is 2.63. The van der Waals surface area contributed by atoms with Gasteiger partial charge in [-0.1, -0.05) is 18.2 Å². The first-order valence-corrected chi connectivity index (χ1v) is 6.29. The van der Waals surface area contributed by atoms with Crippen LogP contribution in [0.1, 0.15) is 24.8 Å². The molecule has 1 N–H and O–H groups in total. The van der Waals surface area contributed by atoms with Crippen molar-refractivity contribution in [2.24, 2.45) is 11.8 Å². The van der Waals surface area contributed by atoms with Crippen molar-refractivity contribution in [3.8, 4) is 0 Å². The van der Waals surface area contributed by atoms with Gasteiger partial charge in [0.1, 0.15) is 5.82 Å². The zero-order valence-electron chi connectivity index (χ0n) is 9.86. The van der Waals surface area contributed by atoms with E-state index in [0.29, 0.717) is 12.0 Å². The molecule has 0 radical (unpaired) electrons. The largest absolute Gasteiger partial charge is 0.313 e. The summed E-state index contributed by atoms with van der Waals surface area (Å²) in [6, 6.07) is 7.84. The molecule has 3 aliphatic rings. The Balaban J connectivity index is 0.00000108. The minimum Gasteiger partial charge on any atom is -0.313 e. The fourth-order valence-electron chi connectivity index (χ4n) is 3.31. The van der Waals surface area contributed by atoms with Crippen LogP contribution in [-0.4, -0.2) is 12.6 Å². The van der Waals surface area contributed by atoms with Crippen molar-refractivity contribution in [3.63, 3.8) is 0 Å². The summed E-state index contributed by atoms with van der Waals surface area (Å²) in [4.78, 5) is 0. The fourth-order valence-corrected chi connectivity index (χ4v) is 3.31. The first-order chi connectivity index (χ1) is 7.83. The summed E-state index contributed by atoms with van der Waals surface area (Å²) in [7, 11) is 0. The van der Waals surface area contributed by atoms with E-state index in [2.05, 4.69) is 5.32 Å². The van der Waals surface area contributed by atoms with Gasteiger partial charge in [-0.25, -0.2) is 4.39 Å². The Kier molecular flexibility index (Phi) is 4.05. The molecular weight excluding hydrogens is 237 g/mol. The highest BCUT2D eigenvalue weighted by Gasteiger charge is 2.35. The second-order valence-corrected chi connectivity index (χ2v) is 5.25. The third-order valence-electron chi connectivity index (χ3n) is 4.20. The molecule has 0 spiro atoms. The Hall–Kier alpha value is -0.600. The number of benzene rings is 1. The van der Waals surface area contributed by atoms with E-state index in [9.17, 15) is 4.39 Å². The minimum atomic E-state index is -0.0380. The molecule has 4 rings (SSSR count). The highest BCUT2D eigenvalue weighted by molar-refractivity contribution is 5.85. The molecule has 2 saturated heterocycles. The van der Waals surface area contributed by atoms with Crippen LogP contribution in [0.4, 0.5) is 4.39 Å². The summed E-state index contributed by atoms with van der Waals surface area (Å²) in [6.45, 7) is 1.18. The van der Waals surface area contributed by atoms with E-state index in [4.69, 9.17) is 0 Å². The molecule has 1 aromatic rings. The lowest BCUT2D eigenvalue weighted by Gasteiger charge is -2.43. The topological polar surface area (TPSA) is 12.0 Å². The number of halogens is 2. The maximum absolute atomic E-state index is 13.6. The second-order valence-electron chi connectivity index (χ2n) is 5.25. The summed E-state index contributed by atoms with van der Waals surface area (Å²) < 4.78 is 13.6. The van der Waals surface area contributed by atoms with E-state index in [0.717, 1.165) is 17.9 Å². The highest BCUT2D eigenvalue weighted by atomic mass is 35.5. The molecule has 3 atom stereocenters. The van der Waals surface area contributed by atoms with Crippen molar-refractivity contribution in [2.75, 3.05) is 6.54 Å². The fraction of sp³-hybridized carbons (Fsp3) is 0.571. The predicted octanol–water partition coefficient (Wildman–Crippen LogP) is 3.18. The summed E-state index contributed by atoms with van der Waals surface area (Å²) in [5.74, 6) is 1.44. The number of piperidine rings is 2. The van der Waals surface area contributed by atoms with E-state index in [1.54, 1.807) is 12.1 Å². The third-order valence-corrected chi connectivity index (χ3v) is 4.20. The van der Waals surface area contributed by atoms with E-state index in [1.807, 2.05) is 12.1 Å². The van der Waals surface area contributed by atoms with Gasteiger partial charge in [0.15, 0.2) is 0 Å². The number of nitrogens with one attached hydrogen (secondary N) is 1. The van der Waals surface area contributed by atoms with Gasteiger partial charge in [0.25, 0.3) is 0 Å². The summed E-state index contributed by atoms with van der Waals surface area (Å²) in [5, 5.41) is 3.59. The molecule has 3 fully saturated rings. The molecule has 2 aliphatic heterocycles. The molecule has 1 aromatic carbocycles. The number of hydrogen-bond acceptors (Lipinski definition) is 1. The first kappa shape index (κ1) is 12.8. The second kappa shape index (κ2) is 5.36. The quantitative estimate of drug-likeness (QED) is 0.856. The molecular formula is C14H19ClFN. The molecule has 17 heavy (non-hydrogen) atoms. The average molecular weight is 256 g/mol. The maximum atomic E-state index is 13.6. The molecule has 0 unspecified atom stereocenters. The minimum absolute atomic E-state index is 0. The Bertz CT molecular complexity index is 374. The molecule has 2 bridgehead atoms. The van der Waals surface area contributed by atoms with E-state index in [-0.39, 0.29) is 18.2 Å². The van der Waals surface area contributed by atoms with Crippen molar-refractivity contribution in [1.82, 2.24) is 5.32 Å². The monoisotopic (exact) mass is 255 g/mol. The van der Waals surface area contributed by atoms with Gasteiger partial charge in [-0.2, -0.15) is 0 Å². The maximum Gasteiger partial charge on any atom is 0.126 e. The Morgan fingerprint density at radius 3 is 2.65 bits per heavy atom. The van der Waals surface area contributed by atoms with Crippen molar-refractivity contribution >= 4 is 12.4 Å². The predicted molar refractivity (Wildman–Crippen MR) is 70.0 cm³/mol. The zero-order chi connectivity index (χ0) is 11.0. The van der Waals surface area contributed by atoms with Crippen LogP contribution in [0.5, 0.6) is 0 Å². The number of hydrogen-bond donors (Lipinski definition) is 1. The van der Waals surface area contributed by atoms with Crippen LogP contribution in [0.25, 0.3) is 0 Å². The van der Waals surface area contributed by atoms with Gasteiger partial charge >= 0.3 is 0 Å². The van der Waals surface area contributed by atoms with Crippen molar-refractivity contribution < 1.29 is 4.39 Å². The molecule has 1 nitrogen and oxygen atoms in total. The average Bonchev–Trinajstić information content (AvgIpc) is 2.34. The summed E-state index contributed by atoms with van der Waals surface area (Å²) in [5.41, 5.74) is 0.891. The Labute approximate surface area is 108 Å². The van der Waals surface area contributed by atoms with Crippen LogP contribution in [0.2, 0.25) is 0 Å².